The van der Waals surface area contributed by atoms with E-state index in [-0.39, 0.29) is 25.2 Å². The molecule has 1 heterocycles. The number of esters is 2. The van der Waals surface area contributed by atoms with Crippen LogP contribution in [0.1, 0.15) is 112 Å². The van der Waals surface area contributed by atoms with Gasteiger partial charge in [-0.3, -0.25) is 9.59 Å². The maximum atomic E-state index is 12.5. The fourth-order valence-electron chi connectivity index (χ4n) is 4.48. The predicted octanol–water partition coefficient (Wildman–Crippen LogP) is 5.80. The molecule has 1 aliphatic rings. The zero-order chi connectivity index (χ0) is 25.6. The van der Waals surface area contributed by atoms with Crippen molar-refractivity contribution in [3.8, 4) is 0 Å². The van der Waals surface area contributed by atoms with E-state index in [0.29, 0.717) is 12.8 Å². The van der Waals surface area contributed by atoms with Gasteiger partial charge in [-0.1, -0.05) is 64.2 Å². The minimum atomic E-state index is -1.28. The van der Waals surface area contributed by atoms with Crippen LogP contribution in [0, 0.1) is 5.92 Å². The first-order chi connectivity index (χ1) is 16.1. The molecule has 5 atom stereocenters. The number of aliphatic hydroxyl groups is 2. The van der Waals surface area contributed by atoms with Crippen LogP contribution in [0.2, 0.25) is 0 Å². The molecule has 6 heteroatoms. The number of ether oxygens (including phenoxy) is 2. The number of allylic oxidation sites excluding steroid dienone is 3. The molecule has 196 valence electrons. The molecule has 0 bridgehead atoms. The molecular weight excluding hydrogens is 432 g/mol. The number of hydrogen-bond donors (Lipinski definition) is 2. The van der Waals surface area contributed by atoms with Gasteiger partial charge < -0.3 is 19.7 Å². The second kappa shape index (κ2) is 16.1. The first-order valence-electron chi connectivity index (χ1n) is 13.2. The average Bonchev–Trinajstić information content (AvgIpc) is 2.76. The molecule has 1 aliphatic heterocycles. The molecule has 2 N–H and O–H groups in total. The Bertz CT molecular complexity index is 666. The minimum absolute atomic E-state index is 0.0439. The molecule has 0 aromatic heterocycles. The van der Waals surface area contributed by atoms with Gasteiger partial charge in [0.05, 0.1) is 18.1 Å². The maximum Gasteiger partial charge on any atom is 0.309 e. The molecule has 0 radical (unpaired) electrons. The highest BCUT2D eigenvalue weighted by molar-refractivity contribution is 5.70. The summed E-state index contributed by atoms with van der Waals surface area (Å²) in [5, 5.41) is 21.2. The largest absolute Gasteiger partial charge is 0.460 e. The second-order valence-electron chi connectivity index (χ2n) is 10.2. The molecular formula is C28H48O6. The number of rotatable bonds is 10. The molecule has 0 aliphatic carbocycles. The highest BCUT2D eigenvalue weighted by Gasteiger charge is 2.37. The molecule has 0 aromatic carbocycles. The third-order valence-electron chi connectivity index (χ3n) is 6.72. The van der Waals surface area contributed by atoms with Gasteiger partial charge >= 0.3 is 11.9 Å². The van der Waals surface area contributed by atoms with Crippen molar-refractivity contribution in [1.82, 2.24) is 0 Å². The van der Waals surface area contributed by atoms with Crippen LogP contribution in [0.4, 0.5) is 0 Å². The molecule has 1 fully saturated rings. The number of unbranched alkanes of at least 4 members (excludes halogenated alkanes) is 6. The zero-order valence-corrected chi connectivity index (χ0v) is 22.1. The second-order valence-corrected chi connectivity index (χ2v) is 10.2. The molecule has 34 heavy (non-hydrogen) atoms. The number of hydrogen-bond acceptors (Lipinski definition) is 6. The fourth-order valence-corrected chi connectivity index (χ4v) is 4.48. The highest BCUT2D eigenvalue weighted by atomic mass is 16.6. The molecule has 6 nitrogen and oxygen atoms in total. The smallest absolute Gasteiger partial charge is 0.309 e. The molecule has 0 spiro atoms. The Hall–Kier alpha value is -1.66. The topological polar surface area (TPSA) is 93.1 Å². The van der Waals surface area contributed by atoms with Crippen LogP contribution in [0.3, 0.4) is 0 Å². The van der Waals surface area contributed by atoms with Gasteiger partial charge in [0.2, 0.25) is 0 Å². The minimum Gasteiger partial charge on any atom is -0.460 e. The summed E-state index contributed by atoms with van der Waals surface area (Å²) in [4.78, 5) is 24.1. The van der Waals surface area contributed by atoms with Crippen LogP contribution in [0.15, 0.2) is 23.8 Å². The number of cyclic esters (lactones) is 1. The van der Waals surface area contributed by atoms with E-state index < -0.39 is 35.9 Å². The summed E-state index contributed by atoms with van der Waals surface area (Å²) in [6, 6.07) is 0. The third kappa shape index (κ3) is 12.2. The maximum absolute atomic E-state index is 12.5. The molecule has 0 amide bonds. The summed E-state index contributed by atoms with van der Waals surface area (Å²) >= 11 is 0. The van der Waals surface area contributed by atoms with Crippen LogP contribution in [-0.4, -0.2) is 46.1 Å². The first-order valence-corrected chi connectivity index (χ1v) is 13.2. The van der Waals surface area contributed by atoms with Gasteiger partial charge in [0.15, 0.2) is 0 Å². The van der Waals surface area contributed by atoms with Crippen molar-refractivity contribution >= 4 is 11.9 Å². The first kappa shape index (κ1) is 30.4. The van der Waals surface area contributed by atoms with Crippen molar-refractivity contribution < 1.29 is 29.3 Å². The Labute approximate surface area is 206 Å². The van der Waals surface area contributed by atoms with Gasteiger partial charge in [-0.15, -0.1) is 0 Å². The van der Waals surface area contributed by atoms with E-state index in [2.05, 4.69) is 13.0 Å². The number of carbonyl (C=O) groups excluding carboxylic acids is 2. The van der Waals surface area contributed by atoms with E-state index in [1.54, 1.807) is 6.92 Å². The van der Waals surface area contributed by atoms with E-state index in [1.807, 2.05) is 26.0 Å². The van der Waals surface area contributed by atoms with E-state index >= 15 is 0 Å². The summed E-state index contributed by atoms with van der Waals surface area (Å²) in [6.45, 7) is 9.13. The lowest BCUT2D eigenvalue weighted by molar-refractivity contribution is -0.165. The van der Waals surface area contributed by atoms with E-state index in [0.717, 1.165) is 12.0 Å². The van der Waals surface area contributed by atoms with Gasteiger partial charge in [-0.2, -0.15) is 0 Å². The molecule has 0 aromatic rings. The van der Waals surface area contributed by atoms with Crippen molar-refractivity contribution in [3.05, 3.63) is 23.8 Å². The standard InChI is InChI=1S/C28H48O6/c1-6-7-8-9-10-11-12-13-14-15-21(2)27-22(3)16-17-25(33-23(4)29)28(5,32)19-18-24(30)20-26(31)34-27/h13-15,22,24-25,27,30,32H,6-12,16-20H2,1-5H3/b14-13?,21-15+. The van der Waals surface area contributed by atoms with Crippen LogP contribution < -0.4 is 0 Å². The van der Waals surface area contributed by atoms with Crippen LogP contribution in [0.5, 0.6) is 0 Å². The van der Waals surface area contributed by atoms with Crippen LogP contribution in [-0.2, 0) is 19.1 Å². The SMILES string of the molecule is CCCCCCCCC=C/C=C(\C)C1OC(=O)CC(O)CCC(C)(O)C(OC(C)=O)CCC1C. The third-order valence-corrected chi connectivity index (χ3v) is 6.72. The number of carbonyl (C=O) groups is 2. The van der Waals surface area contributed by atoms with Crippen molar-refractivity contribution in [2.75, 3.05) is 0 Å². The van der Waals surface area contributed by atoms with Crippen molar-refractivity contribution in [1.29, 1.82) is 0 Å². The van der Waals surface area contributed by atoms with Crippen LogP contribution >= 0.6 is 0 Å². The van der Waals surface area contributed by atoms with E-state index in [1.165, 1.54) is 45.4 Å². The van der Waals surface area contributed by atoms with Gasteiger partial charge in [-0.25, -0.2) is 0 Å². The van der Waals surface area contributed by atoms with Gasteiger partial charge in [-0.05, 0) is 63.9 Å². The van der Waals surface area contributed by atoms with Crippen LogP contribution in [0.25, 0.3) is 0 Å². The zero-order valence-electron chi connectivity index (χ0n) is 22.1. The Morgan fingerprint density at radius 2 is 1.82 bits per heavy atom. The predicted molar refractivity (Wildman–Crippen MR) is 135 cm³/mol. The summed E-state index contributed by atoms with van der Waals surface area (Å²) in [6.07, 6.45) is 14.1. The van der Waals surface area contributed by atoms with Crippen molar-refractivity contribution in [3.63, 3.8) is 0 Å². The Morgan fingerprint density at radius 3 is 2.50 bits per heavy atom. The summed E-state index contributed by atoms with van der Waals surface area (Å²) < 4.78 is 11.2. The average molecular weight is 481 g/mol. The summed E-state index contributed by atoms with van der Waals surface area (Å²) in [7, 11) is 0. The lowest BCUT2D eigenvalue weighted by Gasteiger charge is -2.35. The normalized spacial score (nSPS) is 29.9. The van der Waals surface area contributed by atoms with Crippen molar-refractivity contribution in [2.24, 2.45) is 5.92 Å². The molecule has 1 rings (SSSR count). The number of aliphatic hydroxyl groups excluding tert-OH is 1. The summed E-state index contributed by atoms with van der Waals surface area (Å²) in [5.41, 5.74) is -0.350. The van der Waals surface area contributed by atoms with E-state index in [4.69, 9.17) is 9.47 Å². The Kier molecular flexibility index (Phi) is 14.4. The lowest BCUT2D eigenvalue weighted by atomic mass is 9.84. The molecule has 5 unspecified atom stereocenters. The van der Waals surface area contributed by atoms with E-state index in [9.17, 15) is 19.8 Å². The van der Waals surface area contributed by atoms with Gasteiger partial charge in [0, 0.05) is 6.92 Å². The lowest BCUT2D eigenvalue weighted by Crippen LogP contribution is -2.44. The monoisotopic (exact) mass is 480 g/mol. The van der Waals surface area contributed by atoms with Gasteiger partial charge in [0.25, 0.3) is 0 Å². The van der Waals surface area contributed by atoms with Gasteiger partial charge in [0.1, 0.15) is 12.2 Å². The fraction of sp³-hybridized carbons (Fsp3) is 0.786. The Balaban J connectivity index is 2.85. The Morgan fingerprint density at radius 1 is 1.15 bits per heavy atom. The van der Waals surface area contributed by atoms with Crippen molar-refractivity contribution in [2.45, 2.75) is 136 Å². The quantitative estimate of drug-likeness (QED) is 0.233. The highest BCUT2D eigenvalue weighted by Crippen LogP contribution is 2.30. The summed E-state index contributed by atoms with van der Waals surface area (Å²) in [5.74, 6) is -0.928. The molecule has 0 saturated carbocycles. The molecule has 1 saturated heterocycles.